The molecule has 0 bridgehead atoms. The molecule has 3 N–H and O–H groups in total. The van der Waals surface area contributed by atoms with Gasteiger partial charge in [-0.3, -0.25) is 4.79 Å². The molecule has 0 unspecified atom stereocenters. The van der Waals surface area contributed by atoms with Crippen LogP contribution in [0.5, 0.6) is 11.5 Å². The first-order chi connectivity index (χ1) is 10.1. The van der Waals surface area contributed by atoms with Crippen LogP contribution in [0.15, 0.2) is 18.2 Å². The predicted molar refractivity (Wildman–Crippen MR) is 84.8 cm³/mol. The summed E-state index contributed by atoms with van der Waals surface area (Å²) in [6.07, 6.45) is 4.46. The third kappa shape index (κ3) is 4.60. The Morgan fingerprint density at radius 1 is 1.33 bits per heavy atom. The molecule has 1 aliphatic rings. The number of carbonyl (C=O) groups excluding carboxylic acids is 1. The molecule has 1 aromatic rings. The predicted octanol–water partition coefficient (Wildman–Crippen LogP) is 1.77. The lowest BCUT2D eigenvalue weighted by Crippen LogP contribution is -2.36. The van der Waals surface area contributed by atoms with E-state index in [0.29, 0.717) is 23.1 Å². The van der Waals surface area contributed by atoms with Crippen LogP contribution in [0.4, 0.5) is 0 Å². The van der Waals surface area contributed by atoms with Crippen LogP contribution in [0.3, 0.4) is 0 Å². The fourth-order valence-corrected chi connectivity index (χ4v) is 2.52. The molecule has 0 spiro atoms. The molecule has 0 radical (unpaired) electrons. The van der Waals surface area contributed by atoms with Gasteiger partial charge in [0.15, 0.2) is 6.61 Å². The van der Waals surface area contributed by atoms with E-state index < -0.39 is 0 Å². The van der Waals surface area contributed by atoms with Gasteiger partial charge < -0.3 is 20.5 Å². The van der Waals surface area contributed by atoms with Gasteiger partial charge in [0.2, 0.25) is 0 Å². The van der Waals surface area contributed by atoms with Crippen LogP contribution in [-0.4, -0.2) is 30.7 Å². The van der Waals surface area contributed by atoms with Crippen LogP contribution >= 0.6 is 12.2 Å². The second-order valence-electron chi connectivity index (χ2n) is 5.10. The van der Waals surface area contributed by atoms with Gasteiger partial charge in [0.05, 0.1) is 7.11 Å². The van der Waals surface area contributed by atoms with E-state index in [4.69, 9.17) is 27.4 Å². The normalized spacial score (nSPS) is 14.7. The molecule has 21 heavy (non-hydrogen) atoms. The number of hydrogen-bond donors (Lipinski definition) is 2. The van der Waals surface area contributed by atoms with Crippen molar-refractivity contribution in [1.29, 1.82) is 0 Å². The first-order valence-electron chi connectivity index (χ1n) is 6.99. The maximum atomic E-state index is 11.8. The minimum atomic E-state index is -0.110. The molecule has 1 saturated carbocycles. The van der Waals surface area contributed by atoms with Crippen LogP contribution in [-0.2, 0) is 4.79 Å². The number of ether oxygens (including phenoxy) is 2. The molecule has 114 valence electrons. The van der Waals surface area contributed by atoms with Crippen LogP contribution in [0.1, 0.15) is 31.2 Å². The van der Waals surface area contributed by atoms with Crippen molar-refractivity contribution in [1.82, 2.24) is 5.32 Å². The summed E-state index contributed by atoms with van der Waals surface area (Å²) in [5, 5.41) is 2.97. The van der Waals surface area contributed by atoms with E-state index in [1.807, 2.05) is 0 Å². The molecular formula is C15H20N2O3S. The summed E-state index contributed by atoms with van der Waals surface area (Å²) in [4.78, 5) is 12.1. The smallest absolute Gasteiger partial charge is 0.258 e. The molecule has 1 aliphatic carbocycles. The molecule has 1 amide bonds. The van der Waals surface area contributed by atoms with Gasteiger partial charge in [-0.25, -0.2) is 0 Å². The second-order valence-corrected chi connectivity index (χ2v) is 5.54. The van der Waals surface area contributed by atoms with Crippen molar-refractivity contribution >= 4 is 23.1 Å². The van der Waals surface area contributed by atoms with Crippen molar-refractivity contribution in [3.8, 4) is 11.5 Å². The Morgan fingerprint density at radius 2 is 2.00 bits per heavy atom. The highest BCUT2D eigenvalue weighted by Crippen LogP contribution is 2.23. The molecule has 0 atom stereocenters. The van der Waals surface area contributed by atoms with Crippen LogP contribution in [0, 0.1) is 0 Å². The molecule has 5 nitrogen and oxygen atoms in total. The van der Waals surface area contributed by atoms with Crippen molar-refractivity contribution in [3.63, 3.8) is 0 Å². The molecule has 2 rings (SSSR count). The van der Waals surface area contributed by atoms with Gasteiger partial charge >= 0.3 is 0 Å². The van der Waals surface area contributed by atoms with Gasteiger partial charge in [0.25, 0.3) is 5.91 Å². The standard InChI is InChI=1S/C15H20N2O3S/c1-19-12-6-10(15(16)21)7-13(8-12)20-9-14(18)17-11-4-2-3-5-11/h6-8,11H,2-5,9H2,1H3,(H2,16,21)(H,17,18). The van der Waals surface area contributed by atoms with Gasteiger partial charge in [0.1, 0.15) is 16.5 Å². The molecule has 6 heteroatoms. The van der Waals surface area contributed by atoms with E-state index in [-0.39, 0.29) is 17.5 Å². The van der Waals surface area contributed by atoms with Gasteiger partial charge in [0, 0.05) is 17.7 Å². The van der Waals surface area contributed by atoms with Gasteiger partial charge in [-0.15, -0.1) is 0 Å². The zero-order valence-corrected chi connectivity index (χ0v) is 12.9. The Labute approximate surface area is 129 Å². The Bertz CT molecular complexity index is 528. The summed E-state index contributed by atoms with van der Waals surface area (Å²) in [6, 6.07) is 5.42. The van der Waals surface area contributed by atoms with Crippen molar-refractivity contribution in [2.24, 2.45) is 5.73 Å². The number of nitrogens with two attached hydrogens (primary N) is 1. The number of methoxy groups -OCH3 is 1. The highest BCUT2D eigenvalue weighted by molar-refractivity contribution is 7.80. The zero-order chi connectivity index (χ0) is 15.2. The van der Waals surface area contributed by atoms with Crippen LogP contribution < -0.4 is 20.5 Å². The highest BCUT2D eigenvalue weighted by atomic mass is 32.1. The third-order valence-corrected chi connectivity index (χ3v) is 3.73. The zero-order valence-electron chi connectivity index (χ0n) is 12.1. The fourth-order valence-electron chi connectivity index (χ4n) is 2.40. The van der Waals surface area contributed by atoms with Gasteiger partial charge in [-0.05, 0) is 25.0 Å². The van der Waals surface area contributed by atoms with Crippen molar-refractivity contribution in [2.45, 2.75) is 31.7 Å². The molecule has 0 aliphatic heterocycles. The number of nitrogens with one attached hydrogen (secondary N) is 1. The Balaban J connectivity index is 1.93. The quantitative estimate of drug-likeness (QED) is 0.784. The lowest BCUT2D eigenvalue weighted by atomic mass is 10.2. The first-order valence-corrected chi connectivity index (χ1v) is 7.40. The Morgan fingerprint density at radius 3 is 2.62 bits per heavy atom. The number of thiocarbonyl (C=S) groups is 1. The average Bonchev–Trinajstić information content (AvgIpc) is 2.97. The largest absolute Gasteiger partial charge is 0.497 e. The molecule has 0 heterocycles. The van der Waals surface area contributed by atoms with Crippen molar-refractivity contribution in [2.75, 3.05) is 13.7 Å². The monoisotopic (exact) mass is 308 g/mol. The molecular weight excluding hydrogens is 288 g/mol. The molecule has 0 aromatic heterocycles. The average molecular weight is 308 g/mol. The number of amides is 1. The van der Waals surface area contributed by atoms with Crippen molar-refractivity contribution in [3.05, 3.63) is 23.8 Å². The van der Waals surface area contributed by atoms with E-state index in [0.717, 1.165) is 12.8 Å². The maximum Gasteiger partial charge on any atom is 0.258 e. The SMILES string of the molecule is COc1cc(OCC(=O)NC2CCCC2)cc(C(N)=S)c1. The maximum absolute atomic E-state index is 11.8. The minimum Gasteiger partial charge on any atom is -0.497 e. The molecule has 0 saturated heterocycles. The van der Waals surface area contributed by atoms with Crippen molar-refractivity contribution < 1.29 is 14.3 Å². The number of rotatable bonds is 6. The second kappa shape index (κ2) is 7.26. The number of hydrogen-bond acceptors (Lipinski definition) is 4. The molecule has 1 fully saturated rings. The topological polar surface area (TPSA) is 73.6 Å². The summed E-state index contributed by atoms with van der Waals surface area (Å²) in [5.74, 6) is 0.992. The van der Waals surface area contributed by atoms with E-state index in [1.165, 1.54) is 12.8 Å². The summed E-state index contributed by atoms with van der Waals surface area (Å²) in [5.41, 5.74) is 6.26. The summed E-state index contributed by atoms with van der Waals surface area (Å²) < 4.78 is 10.7. The third-order valence-electron chi connectivity index (χ3n) is 3.49. The highest BCUT2D eigenvalue weighted by Gasteiger charge is 2.17. The lowest BCUT2D eigenvalue weighted by molar-refractivity contribution is -0.123. The Hall–Kier alpha value is -1.82. The van der Waals surface area contributed by atoms with Crippen LogP contribution in [0.25, 0.3) is 0 Å². The molecule has 1 aromatic carbocycles. The van der Waals surface area contributed by atoms with Gasteiger partial charge in [-0.1, -0.05) is 25.1 Å². The van der Waals surface area contributed by atoms with E-state index >= 15 is 0 Å². The van der Waals surface area contributed by atoms with Crippen LogP contribution in [0.2, 0.25) is 0 Å². The van der Waals surface area contributed by atoms with E-state index in [2.05, 4.69) is 5.32 Å². The van der Waals surface area contributed by atoms with E-state index in [1.54, 1.807) is 25.3 Å². The summed E-state index contributed by atoms with van der Waals surface area (Å²) >= 11 is 4.95. The fraction of sp³-hybridized carbons (Fsp3) is 0.467. The summed E-state index contributed by atoms with van der Waals surface area (Å²) in [7, 11) is 1.55. The van der Waals surface area contributed by atoms with E-state index in [9.17, 15) is 4.79 Å². The first kappa shape index (κ1) is 15.6. The lowest BCUT2D eigenvalue weighted by Gasteiger charge is -2.13. The summed E-state index contributed by atoms with van der Waals surface area (Å²) in [6.45, 7) is -0.0273. The Kier molecular flexibility index (Phi) is 5.38. The minimum absolute atomic E-state index is 0.0273. The van der Waals surface area contributed by atoms with Gasteiger partial charge in [-0.2, -0.15) is 0 Å². The number of carbonyl (C=O) groups is 1. The number of benzene rings is 1.